The van der Waals surface area contributed by atoms with Gasteiger partial charge in [0, 0.05) is 25.1 Å². The molecule has 0 aliphatic heterocycles. The Morgan fingerprint density at radius 3 is 2.30 bits per heavy atom. The van der Waals surface area contributed by atoms with E-state index in [1.807, 2.05) is 7.05 Å². The van der Waals surface area contributed by atoms with Crippen molar-refractivity contribution in [2.75, 3.05) is 17.7 Å². The van der Waals surface area contributed by atoms with Gasteiger partial charge in [-0.2, -0.15) is 0 Å². The highest BCUT2D eigenvalue weighted by Gasteiger charge is 2.27. The molecular formula is C16H28N4. The van der Waals surface area contributed by atoms with Crippen molar-refractivity contribution in [2.24, 2.45) is 5.41 Å². The highest BCUT2D eigenvalue weighted by molar-refractivity contribution is 5.57. The fourth-order valence-corrected chi connectivity index (χ4v) is 2.84. The molecule has 0 aromatic carbocycles. The predicted molar refractivity (Wildman–Crippen MR) is 85.4 cm³/mol. The molecule has 1 aliphatic carbocycles. The lowest BCUT2D eigenvalue weighted by atomic mass is 9.75. The molecule has 4 heteroatoms. The Balaban J connectivity index is 2.13. The van der Waals surface area contributed by atoms with Gasteiger partial charge >= 0.3 is 0 Å². The molecule has 1 saturated carbocycles. The average Bonchev–Trinajstić information content (AvgIpc) is 2.43. The quantitative estimate of drug-likeness (QED) is 0.879. The Labute approximate surface area is 122 Å². The van der Waals surface area contributed by atoms with Gasteiger partial charge in [0.2, 0.25) is 0 Å². The van der Waals surface area contributed by atoms with Crippen molar-refractivity contribution in [3.63, 3.8) is 0 Å². The number of hydrogen-bond acceptors (Lipinski definition) is 4. The van der Waals surface area contributed by atoms with Crippen molar-refractivity contribution >= 4 is 11.6 Å². The standard InChI is InChI=1S/C16H28N4/c1-6-13-19-14(17-5)11(2)15(20-13)18-12-7-9-16(3,4)10-8-12/h12H,6-10H2,1-5H3,(H2,17,18,19,20). The van der Waals surface area contributed by atoms with Crippen LogP contribution < -0.4 is 10.6 Å². The molecule has 4 nitrogen and oxygen atoms in total. The molecule has 20 heavy (non-hydrogen) atoms. The van der Waals surface area contributed by atoms with Gasteiger partial charge in [0.25, 0.3) is 0 Å². The van der Waals surface area contributed by atoms with Gasteiger partial charge in [-0.05, 0) is 38.0 Å². The number of aromatic nitrogens is 2. The van der Waals surface area contributed by atoms with Gasteiger partial charge in [-0.15, -0.1) is 0 Å². The topological polar surface area (TPSA) is 49.8 Å². The summed E-state index contributed by atoms with van der Waals surface area (Å²) in [6.45, 7) is 8.91. The average molecular weight is 276 g/mol. The molecule has 0 radical (unpaired) electrons. The lowest BCUT2D eigenvalue weighted by Gasteiger charge is -2.35. The molecule has 2 N–H and O–H groups in total. The zero-order chi connectivity index (χ0) is 14.8. The summed E-state index contributed by atoms with van der Waals surface area (Å²) in [5.74, 6) is 2.85. The highest BCUT2D eigenvalue weighted by Crippen LogP contribution is 2.36. The van der Waals surface area contributed by atoms with Gasteiger partial charge in [-0.1, -0.05) is 20.8 Å². The smallest absolute Gasteiger partial charge is 0.134 e. The first-order valence-electron chi connectivity index (χ1n) is 7.77. The van der Waals surface area contributed by atoms with Crippen LogP contribution in [-0.2, 0) is 6.42 Å². The van der Waals surface area contributed by atoms with Crippen molar-refractivity contribution in [2.45, 2.75) is 65.8 Å². The summed E-state index contributed by atoms with van der Waals surface area (Å²) in [5, 5.41) is 6.81. The second-order valence-electron chi connectivity index (χ2n) is 6.65. The third-order valence-corrected chi connectivity index (χ3v) is 4.43. The van der Waals surface area contributed by atoms with Gasteiger partial charge < -0.3 is 10.6 Å². The molecule has 1 fully saturated rings. The minimum atomic E-state index is 0.504. The van der Waals surface area contributed by atoms with E-state index >= 15 is 0 Å². The Bertz CT molecular complexity index is 458. The van der Waals surface area contributed by atoms with Crippen molar-refractivity contribution in [3.8, 4) is 0 Å². The predicted octanol–water partition coefficient (Wildman–Crippen LogP) is 3.77. The van der Waals surface area contributed by atoms with Crippen molar-refractivity contribution in [1.82, 2.24) is 9.97 Å². The maximum atomic E-state index is 4.67. The number of nitrogens with one attached hydrogen (secondary N) is 2. The molecule has 0 spiro atoms. The molecule has 0 unspecified atom stereocenters. The van der Waals surface area contributed by atoms with E-state index in [-0.39, 0.29) is 0 Å². The van der Waals surface area contributed by atoms with Gasteiger partial charge in [0.15, 0.2) is 0 Å². The van der Waals surface area contributed by atoms with E-state index in [4.69, 9.17) is 0 Å². The van der Waals surface area contributed by atoms with E-state index in [1.165, 1.54) is 25.7 Å². The molecule has 1 aromatic rings. The summed E-state index contributed by atoms with van der Waals surface area (Å²) in [7, 11) is 1.92. The summed E-state index contributed by atoms with van der Waals surface area (Å²) in [5.41, 5.74) is 1.62. The van der Waals surface area contributed by atoms with E-state index in [1.54, 1.807) is 0 Å². The molecule has 1 aromatic heterocycles. The minimum absolute atomic E-state index is 0.504. The van der Waals surface area contributed by atoms with Crippen LogP contribution in [0.25, 0.3) is 0 Å². The zero-order valence-corrected chi connectivity index (χ0v) is 13.5. The van der Waals surface area contributed by atoms with E-state index in [9.17, 15) is 0 Å². The molecule has 0 amide bonds. The van der Waals surface area contributed by atoms with E-state index in [2.05, 4.69) is 48.3 Å². The number of nitrogens with zero attached hydrogens (tertiary/aromatic N) is 2. The number of hydrogen-bond donors (Lipinski definition) is 2. The summed E-state index contributed by atoms with van der Waals surface area (Å²) in [6.07, 6.45) is 5.89. The van der Waals surface area contributed by atoms with Crippen molar-refractivity contribution < 1.29 is 0 Å². The van der Waals surface area contributed by atoms with Gasteiger partial charge in [0.1, 0.15) is 17.5 Å². The SMILES string of the molecule is CCc1nc(NC)c(C)c(NC2CCC(C)(C)CC2)n1. The molecule has 112 valence electrons. The second kappa shape index (κ2) is 5.98. The fraction of sp³-hybridized carbons (Fsp3) is 0.750. The molecule has 0 atom stereocenters. The Morgan fingerprint density at radius 2 is 1.75 bits per heavy atom. The molecule has 2 rings (SSSR count). The van der Waals surface area contributed by atoms with E-state index in [0.29, 0.717) is 11.5 Å². The Hall–Kier alpha value is -1.32. The summed E-state index contributed by atoms with van der Waals surface area (Å²) in [6, 6.07) is 0.547. The largest absolute Gasteiger partial charge is 0.373 e. The monoisotopic (exact) mass is 276 g/mol. The summed E-state index contributed by atoms with van der Waals surface area (Å²) >= 11 is 0. The first-order valence-corrected chi connectivity index (χ1v) is 7.77. The van der Waals surface area contributed by atoms with Crippen LogP contribution in [-0.4, -0.2) is 23.1 Å². The molecule has 0 bridgehead atoms. The van der Waals surface area contributed by atoms with E-state index in [0.717, 1.165) is 29.4 Å². The van der Waals surface area contributed by atoms with Crippen LogP contribution in [0.5, 0.6) is 0 Å². The molecule has 0 saturated heterocycles. The summed E-state index contributed by atoms with van der Waals surface area (Å²) < 4.78 is 0. The lowest BCUT2D eigenvalue weighted by Crippen LogP contribution is -2.30. The van der Waals surface area contributed by atoms with Gasteiger partial charge in [-0.25, -0.2) is 9.97 Å². The lowest BCUT2D eigenvalue weighted by molar-refractivity contribution is 0.232. The van der Waals surface area contributed by atoms with E-state index < -0.39 is 0 Å². The Morgan fingerprint density at radius 1 is 1.15 bits per heavy atom. The van der Waals surface area contributed by atoms with Crippen LogP contribution in [0.4, 0.5) is 11.6 Å². The number of aryl methyl sites for hydroxylation is 1. The highest BCUT2D eigenvalue weighted by atomic mass is 15.1. The van der Waals surface area contributed by atoms with Crippen molar-refractivity contribution in [1.29, 1.82) is 0 Å². The van der Waals surface area contributed by atoms with Crippen LogP contribution in [0, 0.1) is 12.3 Å². The van der Waals surface area contributed by atoms with Crippen molar-refractivity contribution in [3.05, 3.63) is 11.4 Å². The van der Waals surface area contributed by atoms with Gasteiger partial charge in [-0.3, -0.25) is 0 Å². The normalized spacial score (nSPS) is 18.9. The first kappa shape index (κ1) is 15.1. The minimum Gasteiger partial charge on any atom is -0.373 e. The van der Waals surface area contributed by atoms with Crippen LogP contribution in [0.3, 0.4) is 0 Å². The Kier molecular flexibility index (Phi) is 4.51. The molecular weight excluding hydrogens is 248 g/mol. The maximum Gasteiger partial charge on any atom is 0.134 e. The number of anilines is 2. The zero-order valence-electron chi connectivity index (χ0n) is 13.5. The first-order chi connectivity index (χ1) is 9.45. The number of rotatable bonds is 4. The van der Waals surface area contributed by atoms with Crippen LogP contribution in [0.1, 0.15) is 57.8 Å². The molecule has 1 heterocycles. The van der Waals surface area contributed by atoms with Gasteiger partial charge in [0.05, 0.1) is 0 Å². The van der Waals surface area contributed by atoms with Crippen LogP contribution in [0.2, 0.25) is 0 Å². The third kappa shape index (κ3) is 3.41. The maximum absolute atomic E-state index is 4.67. The fourth-order valence-electron chi connectivity index (χ4n) is 2.84. The van der Waals surface area contributed by atoms with Crippen LogP contribution in [0.15, 0.2) is 0 Å². The second-order valence-corrected chi connectivity index (χ2v) is 6.65. The van der Waals surface area contributed by atoms with Crippen LogP contribution >= 0.6 is 0 Å². The summed E-state index contributed by atoms with van der Waals surface area (Å²) in [4.78, 5) is 9.19. The molecule has 1 aliphatic rings. The third-order valence-electron chi connectivity index (χ3n) is 4.43.